The van der Waals surface area contributed by atoms with Crippen LogP contribution in [0.1, 0.15) is 25.8 Å². The van der Waals surface area contributed by atoms with Crippen LogP contribution >= 0.6 is 0 Å². The van der Waals surface area contributed by atoms with Crippen LogP contribution in [0.5, 0.6) is 0 Å². The van der Waals surface area contributed by atoms with Gasteiger partial charge >= 0.3 is 5.97 Å². The summed E-state index contributed by atoms with van der Waals surface area (Å²) in [5.74, 6) is -2.53. The Hall–Kier alpha value is -1.47. The summed E-state index contributed by atoms with van der Waals surface area (Å²) in [4.78, 5) is 11.1. The zero-order valence-electron chi connectivity index (χ0n) is 12.0. The van der Waals surface area contributed by atoms with Crippen molar-refractivity contribution in [2.45, 2.75) is 26.0 Å². The Balaban J connectivity index is 2.65. The molecule has 0 saturated carbocycles. The molecule has 5 nitrogen and oxygen atoms in total. The third-order valence-corrected chi connectivity index (χ3v) is 4.22. The summed E-state index contributed by atoms with van der Waals surface area (Å²) in [5, 5.41) is 9.06. The van der Waals surface area contributed by atoms with Crippen molar-refractivity contribution in [3.8, 4) is 0 Å². The third-order valence-electron chi connectivity index (χ3n) is 2.90. The molecule has 0 aliphatic rings. The number of rotatable bonds is 8. The van der Waals surface area contributed by atoms with Crippen LogP contribution in [0.25, 0.3) is 0 Å². The van der Waals surface area contributed by atoms with Gasteiger partial charge in [0, 0.05) is 6.54 Å². The standard InChI is InChI=1S/C14H20FNO4S/c1-10(2)6-12(14(17)18)8-16-21(19,20)9-11-4-3-5-13(15)7-11/h3-5,7,10,12,16H,6,8-9H2,1-2H3,(H,17,18). The number of sulfonamides is 1. The SMILES string of the molecule is CC(C)CC(CNS(=O)(=O)Cc1cccc(F)c1)C(=O)O. The molecular formula is C14H20FNO4S. The Morgan fingerprint density at radius 3 is 2.57 bits per heavy atom. The van der Waals surface area contributed by atoms with Gasteiger partial charge in [0.15, 0.2) is 0 Å². The maximum absolute atomic E-state index is 13.0. The Morgan fingerprint density at radius 1 is 1.38 bits per heavy atom. The van der Waals surface area contributed by atoms with Crippen molar-refractivity contribution in [1.82, 2.24) is 4.72 Å². The van der Waals surface area contributed by atoms with Gasteiger partial charge in [0.2, 0.25) is 10.0 Å². The number of aliphatic carboxylic acids is 1. The van der Waals surface area contributed by atoms with Crippen molar-refractivity contribution in [2.24, 2.45) is 11.8 Å². The molecule has 21 heavy (non-hydrogen) atoms. The van der Waals surface area contributed by atoms with E-state index in [1.807, 2.05) is 13.8 Å². The molecule has 0 aliphatic heterocycles. The molecule has 1 atom stereocenters. The van der Waals surface area contributed by atoms with Crippen molar-refractivity contribution in [3.63, 3.8) is 0 Å². The molecule has 0 bridgehead atoms. The molecule has 0 fully saturated rings. The molecule has 1 aromatic carbocycles. The molecular weight excluding hydrogens is 297 g/mol. The van der Waals surface area contributed by atoms with E-state index in [9.17, 15) is 17.6 Å². The van der Waals surface area contributed by atoms with Gasteiger partial charge in [-0.15, -0.1) is 0 Å². The summed E-state index contributed by atoms with van der Waals surface area (Å²) >= 11 is 0. The first-order valence-corrected chi connectivity index (χ1v) is 8.29. The summed E-state index contributed by atoms with van der Waals surface area (Å²) in [6, 6.07) is 5.30. The predicted octanol–water partition coefficient (Wildman–Crippen LogP) is 1.99. The van der Waals surface area contributed by atoms with Crippen LogP contribution in [0.4, 0.5) is 4.39 Å². The Kier molecular flexibility index (Phi) is 6.29. The van der Waals surface area contributed by atoms with Crippen molar-refractivity contribution < 1.29 is 22.7 Å². The number of carboxylic acids is 1. The summed E-state index contributed by atoms with van der Waals surface area (Å²) in [7, 11) is -3.70. The van der Waals surface area contributed by atoms with Crippen molar-refractivity contribution >= 4 is 16.0 Å². The molecule has 118 valence electrons. The summed E-state index contributed by atoms with van der Waals surface area (Å²) in [6.45, 7) is 3.58. The molecule has 1 aromatic rings. The highest BCUT2D eigenvalue weighted by molar-refractivity contribution is 7.88. The van der Waals surface area contributed by atoms with E-state index in [2.05, 4.69) is 4.72 Å². The lowest BCUT2D eigenvalue weighted by Crippen LogP contribution is -2.34. The highest BCUT2D eigenvalue weighted by atomic mass is 32.2. The van der Waals surface area contributed by atoms with Gasteiger partial charge in [-0.25, -0.2) is 17.5 Å². The molecule has 7 heteroatoms. The van der Waals surface area contributed by atoms with Gasteiger partial charge in [-0.2, -0.15) is 0 Å². The highest BCUT2D eigenvalue weighted by Gasteiger charge is 2.21. The largest absolute Gasteiger partial charge is 0.481 e. The number of hydrogen-bond donors (Lipinski definition) is 2. The molecule has 1 unspecified atom stereocenters. The lowest BCUT2D eigenvalue weighted by atomic mass is 9.98. The van der Waals surface area contributed by atoms with Gasteiger partial charge in [0.25, 0.3) is 0 Å². The Labute approximate surface area is 124 Å². The fourth-order valence-electron chi connectivity index (χ4n) is 1.97. The number of carbonyl (C=O) groups is 1. The summed E-state index contributed by atoms with van der Waals surface area (Å²) in [6.07, 6.45) is 0.387. The van der Waals surface area contributed by atoms with Gasteiger partial charge in [0.05, 0.1) is 11.7 Å². The quantitative estimate of drug-likeness (QED) is 0.768. The maximum Gasteiger partial charge on any atom is 0.307 e. The first-order valence-electron chi connectivity index (χ1n) is 6.64. The van der Waals surface area contributed by atoms with Crippen LogP contribution < -0.4 is 4.72 Å². The zero-order chi connectivity index (χ0) is 16.0. The van der Waals surface area contributed by atoms with Crippen LogP contribution in [-0.4, -0.2) is 26.0 Å². The smallest absolute Gasteiger partial charge is 0.307 e. The second-order valence-corrected chi connectivity index (χ2v) is 7.21. The van der Waals surface area contributed by atoms with E-state index in [-0.39, 0.29) is 18.2 Å². The van der Waals surface area contributed by atoms with Crippen LogP contribution in [0.15, 0.2) is 24.3 Å². The molecule has 0 radical (unpaired) electrons. The summed E-state index contributed by atoms with van der Waals surface area (Å²) < 4.78 is 39.1. The topological polar surface area (TPSA) is 83.5 Å². The lowest BCUT2D eigenvalue weighted by Gasteiger charge is -2.15. The molecule has 0 spiro atoms. The number of hydrogen-bond acceptors (Lipinski definition) is 3. The van der Waals surface area contributed by atoms with E-state index in [1.54, 1.807) is 0 Å². The van der Waals surface area contributed by atoms with Crippen molar-refractivity contribution in [3.05, 3.63) is 35.6 Å². The van der Waals surface area contributed by atoms with E-state index in [1.165, 1.54) is 18.2 Å². The maximum atomic E-state index is 13.0. The minimum atomic E-state index is -3.70. The minimum absolute atomic E-state index is 0.152. The average Bonchev–Trinajstić information content (AvgIpc) is 2.33. The minimum Gasteiger partial charge on any atom is -0.481 e. The highest BCUT2D eigenvalue weighted by Crippen LogP contribution is 2.12. The number of nitrogens with one attached hydrogen (secondary N) is 1. The molecule has 0 amide bonds. The second kappa shape index (κ2) is 7.51. The van der Waals surface area contributed by atoms with E-state index in [4.69, 9.17) is 5.11 Å². The van der Waals surface area contributed by atoms with Gasteiger partial charge < -0.3 is 5.11 Å². The van der Waals surface area contributed by atoms with Crippen LogP contribution in [0, 0.1) is 17.7 Å². The number of halogens is 1. The van der Waals surface area contributed by atoms with E-state index in [0.717, 1.165) is 6.07 Å². The Bertz CT molecular complexity index is 586. The Morgan fingerprint density at radius 2 is 2.05 bits per heavy atom. The van der Waals surface area contributed by atoms with Gasteiger partial charge in [-0.05, 0) is 30.0 Å². The lowest BCUT2D eigenvalue weighted by molar-refractivity contribution is -0.142. The van der Waals surface area contributed by atoms with E-state index < -0.39 is 27.7 Å². The van der Waals surface area contributed by atoms with Gasteiger partial charge in [-0.3, -0.25) is 4.79 Å². The number of carboxylic acid groups (broad SMARTS) is 1. The normalized spacial score (nSPS) is 13.3. The van der Waals surface area contributed by atoms with Crippen LogP contribution in [0.2, 0.25) is 0 Å². The molecule has 0 aliphatic carbocycles. The molecule has 0 heterocycles. The van der Waals surface area contributed by atoms with E-state index >= 15 is 0 Å². The first kappa shape index (κ1) is 17.6. The van der Waals surface area contributed by atoms with Crippen molar-refractivity contribution in [2.75, 3.05) is 6.54 Å². The fraction of sp³-hybridized carbons (Fsp3) is 0.500. The number of benzene rings is 1. The fourth-order valence-corrected chi connectivity index (χ4v) is 3.14. The molecule has 2 N–H and O–H groups in total. The zero-order valence-corrected chi connectivity index (χ0v) is 12.9. The summed E-state index contributed by atoms with van der Waals surface area (Å²) in [5.41, 5.74) is 0.318. The average molecular weight is 317 g/mol. The first-order chi connectivity index (χ1) is 9.69. The van der Waals surface area contributed by atoms with Crippen molar-refractivity contribution in [1.29, 1.82) is 0 Å². The van der Waals surface area contributed by atoms with Gasteiger partial charge in [-0.1, -0.05) is 26.0 Å². The van der Waals surface area contributed by atoms with Gasteiger partial charge in [0.1, 0.15) is 5.82 Å². The predicted molar refractivity (Wildman–Crippen MR) is 77.6 cm³/mol. The van der Waals surface area contributed by atoms with E-state index in [0.29, 0.717) is 12.0 Å². The molecule has 0 saturated heterocycles. The monoisotopic (exact) mass is 317 g/mol. The second-order valence-electron chi connectivity index (χ2n) is 5.40. The van der Waals surface area contributed by atoms with Crippen LogP contribution in [-0.2, 0) is 20.6 Å². The molecule has 1 rings (SSSR count). The molecule has 0 aromatic heterocycles. The third kappa shape index (κ3) is 6.68. The van der Waals surface area contributed by atoms with Crippen LogP contribution in [0.3, 0.4) is 0 Å².